The van der Waals surface area contributed by atoms with E-state index in [0.717, 1.165) is 0 Å². The lowest BCUT2D eigenvalue weighted by molar-refractivity contribution is -0.147. The van der Waals surface area contributed by atoms with Crippen LogP contribution in [0.5, 0.6) is 0 Å². The number of hydrogen-bond acceptors (Lipinski definition) is 9. The number of anilines is 2. The minimum Gasteiger partial charge on any atom is -0.480 e. The fourth-order valence-corrected chi connectivity index (χ4v) is 4.72. The molecule has 0 bridgehead atoms. The first-order chi connectivity index (χ1) is 17.7. The second-order valence-corrected chi connectivity index (χ2v) is 9.14. The molecule has 0 radical (unpaired) electrons. The minimum atomic E-state index is -1.42. The zero-order valence-corrected chi connectivity index (χ0v) is 22.2. The van der Waals surface area contributed by atoms with Gasteiger partial charge in [0.05, 0.1) is 18.5 Å². The normalized spacial score (nSPS) is 12.5. The topological polar surface area (TPSA) is 161 Å². The van der Waals surface area contributed by atoms with E-state index in [-0.39, 0.29) is 0 Å². The predicted molar refractivity (Wildman–Crippen MR) is 147 cm³/mol. The van der Waals surface area contributed by atoms with E-state index in [1.54, 1.807) is 57.7 Å². The van der Waals surface area contributed by atoms with E-state index in [4.69, 9.17) is 53.6 Å². The zero-order valence-electron chi connectivity index (χ0n) is 19.0. The van der Waals surface area contributed by atoms with Crippen molar-refractivity contribution in [2.24, 2.45) is 0 Å². The molecule has 37 heavy (non-hydrogen) atoms. The van der Waals surface area contributed by atoms with E-state index >= 15 is 0 Å². The van der Waals surface area contributed by atoms with Crippen molar-refractivity contribution in [3.05, 3.63) is 67.6 Å². The van der Waals surface area contributed by atoms with Crippen molar-refractivity contribution >= 4 is 72.2 Å². The maximum Gasteiger partial charge on any atom is 0.331 e. The zero-order chi connectivity index (χ0) is 26.7. The Hall–Kier alpha value is -3.86. The Morgan fingerprint density at radius 2 is 1.19 bits per heavy atom. The highest BCUT2D eigenvalue weighted by Crippen LogP contribution is 2.21. The van der Waals surface area contributed by atoms with Crippen LogP contribution < -0.4 is 10.6 Å². The number of H-pyrrole nitrogens is 4. The quantitative estimate of drug-likeness (QED) is 0.115. The number of aliphatic carboxylic acids is 1. The molecule has 7 N–H and O–H groups in total. The molecule has 0 aliphatic rings. The number of carboxylic acids is 1. The smallest absolute Gasteiger partial charge is 0.331 e. The number of aromatic nitrogens is 6. The molecule has 4 rings (SSSR count). The standard InChI is InChI=1S/C21H20N8O4S4/c1-33-17(32)15(23-11-5-3-7-13(9-11)29-20(36)26-27-21(29)37)14(16(30)31)22-10-4-2-6-12(8-10)28-18(34)24-25-19(28)35/h2-9,14-15,22-23H,1H3,(H,24,34)(H,25,35)(H,26,36)(H,27,37)(H,30,31). The molecular weight excluding hydrogens is 557 g/mol. The largest absolute Gasteiger partial charge is 0.480 e. The van der Waals surface area contributed by atoms with E-state index in [9.17, 15) is 14.7 Å². The first-order valence-corrected chi connectivity index (χ1v) is 12.2. The highest BCUT2D eigenvalue weighted by Gasteiger charge is 2.35. The van der Waals surface area contributed by atoms with E-state index in [1.165, 1.54) is 7.11 Å². The Labute approximate surface area is 229 Å². The monoisotopic (exact) mass is 576 g/mol. The highest BCUT2D eigenvalue weighted by molar-refractivity contribution is 7.72. The molecule has 2 heterocycles. The number of nitrogens with one attached hydrogen (secondary N) is 6. The van der Waals surface area contributed by atoms with Crippen LogP contribution in [-0.4, -0.2) is 65.8 Å². The number of methoxy groups -OCH3 is 1. The van der Waals surface area contributed by atoms with E-state index < -0.39 is 24.0 Å². The molecule has 0 fully saturated rings. The maximum absolute atomic E-state index is 12.7. The molecule has 2 aromatic carbocycles. The van der Waals surface area contributed by atoms with Gasteiger partial charge in [-0.2, -0.15) is 0 Å². The number of carbonyl (C=O) groups excluding carboxylic acids is 1. The van der Waals surface area contributed by atoms with Crippen LogP contribution in [0.15, 0.2) is 48.5 Å². The third-order valence-corrected chi connectivity index (χ3v) is 6.41. The Bertz CT molecular complexity index is 1640. The van der Waals surface area contributed by atoms with Gasteiger partial charge >= 0.3 is 11.9 Å². The molecule has 2 aromatic heterocycles. The number of aromatic amines is 4. The van der Waals surface area contributed by atoms with Gasteiger partial charge in [0.1, 0.15) is 0 Å². The second kappa shape index (κ2) is 11.0. The number of hydrogen-bond donors (Lipinski definition) is 7. The molecule has 0 aliphatic carbocycles. The van der Waals surface area contributed by atoms with E-state index in [2.05, 4.69) is 31.0 Å². The summed E-state index contributed by atoms with van der Waals surface area (Å²) < 4.78 is 9.44. The molecule has 4 aromatic rings. The van der Waals surface area contributed by atoms with Crippen LogP contribution in [0.2, 0.25) is 0 Å². The van der Waals surface area contributed by atoms with E-state index in [0.29, 0.717) is 41.8 Å². The van der Waals surface area contributed by atoms with Crippen LogP contribution in [0.1, 0.15) is 0 Å². The van der Waals surface area contributed by atoms with Crippen LogP contribution in [0, 0.1) is 19.1 Å². The van der Waals surface area contributed by atoms with Crippen molar-refractivity contribution in [1.82, 2.24) is 29.5 Å². The number of ether oxygens (including phenoxy) is 1. The van der Waals surface area contributed by atoms with Gasteiger partial charge in [0.25, 0.3) is 0 Å². The van der Waals surface area contributed by atoms with Gasteiger partial charge in [0.2, 0.25) is 0 Å². The fraction of sp³-hybridized carbons (Fsp3) is 0.143. The Kier molecular flexibility index (Phi) is 7.82. The van der Waals surface area contributed by atoms with Crippen molar-refractivity contribution in [2.45, 2.75) is 12.1 Å². The maximum atomic E-state index is 12.7. The Morgan fingerprint density at radius 1 is 0.784 bits per heavy atom. The third-order valence-electron chi connectivity index (χ3n) is 5.27. The van der Waals surface area contributed by atoms with Gasteiger partial charge in [-0.25, -0.2) is 9.59 Å². The number of rotatable bonds is 9. The third kappa shape index (κ3) is 5.61. The molecule has 192 valence electrons. The molecular formula is C21H20N8O4S4. The van der Waals surface area contributed by atoms with Crippen LogP contribution in [0.25, 0.3) is 11.4 Å². The van der Waals surface area contributed by atoms with Gasteiger partial charge in [-0.05, 0) is 85.3 Å². The van der Waals surface area contributed by atoms with Crippen LogP contribution >= 0.6 is 48.9 Å². The molecule has 0 amide bonds. The second-order valence-electron chi connectivity index (χ2n) is 7.60. The summed E-state index contributed by atoms with van der Waals surface area (Å²) in [4.78, 5) is 25.1. The minimum absolute atomic E-state index is 0.341. The summed E-state index contributed by atoms with van der Waals surface area (Å²) in [5.41, 5.74) is 2.05. The fourth-order valence-electron chi connectivity index (χ4n) is 3.61. The van der Waals surface area contributed by atoms with Crippen molar-refractivity contribution in [2.75, 3.05) is 17.7 Å². The molecule has 0 aliphatic heterocycles. The summed E-state index contributed by atoms with van der Waals surface area (Å²) in [6.07, 6.45) is 0. The lowest BCUT2D eigenvalue weighted by Crippen LogP contribution is -2.50. The van der Waals surface area contributed by atoms with Crippen LogP contribution in [0.4, 0.5) is 11.4 Å². The summed E-state index contributed by atoms with van der Waals surface area (Å²) in [5.74, 6) is -2.07. The summed E-state index contributed by atoms with van der Waals surface area (Å²) >= 11 is 21.0. The number of carbonyl (C=O) groups is 2. The van der Waals surface area contributed by atoms with Gasteiger partial charge in [0.15, 0.2) is 31.2 Å². The number of carboxylic acid groups (broad SMARTS) is 1. The number of benzene rings is 2. The highest BCUT2D eigenvalue weighted by atomic mass is 32.1. The lowest BCUT2D eigenvalue weighted by atomic mass is 10.1. The summed E-state index contributed by atoms with van der Waals surface area (Å²) in [6.45, 7) is 0. The van der Waals surface area contributed by atoms with Crippen LogP contribution in [-0.2, 0) is 14.3 Å². The molecule has 0 saturated carbocycles. The summed E-state index contributed by atoms with van der Waals surface area (Å²) in [5, 5.41) is 26.9. The van der Waals surface area contributed by atoms with Gasteiger partial charge in [-0.1, -0.05) is 12.1 Å². The summed E-state index contributed by atoms with van der Waals surface area (Å²) in [6, 6.07) is 10.9. The summed E-state index contributed by atoms with van der Waals surface area (Å²) in [7, 11) is 1.18. The average molecular weight is 577 g/mol. The average Bonchev–Trinajstić information content (AvgIpc) is 3.40. The first-order valence-electron chi connectivity index (χ1n) is 10.5. The number of esters is 1. The van der Waals surface area contributed by atoms with Crippen molar-refractivity contribution in [3.63, 3.8) is 0 Å². The van der Waals surface area contributed by atoms with Crippen molar-refractivity contribution in [1.29, 1.82) is 0 Å². The molecule has 2 atom stereocenters. The van der Waals surface area contributed by atoms with Crippen LogP contribution in [0.3, 0.4) is 0 Å². The molecule has 12 nitrogen and oxygen atoms in total. The van der Waals surface area contributed by atoms with Gasteiger partial charge in [0, 0.05) is 11.4 Å². The lowest BCUT2D eigenvalue weighted by Gasteiger charge is -2.26. The van der Waals surface area contributed by atoms with Gasteiger partial charge < -0.3 is 20.5 Å². The molecule has 0 saturated heterocycles. The molecule has 0 spiro atoms. The predicted octanol–water partition coefficient (Wildman–Crippen LogP) is 4.02. The van der Waals surface area contributed by atoms with Crippen molar-refractivity contribution in [3.8, 4) is 11.4 Å². The number of nitrogens with zero attached hydrogens (tertiary/aromatic N) is 2. The molecule has 16 heteroatoms. The SMILES string of the molecule is COC(=O)C(Nc1cccc(-n2c(=S)[nH][nH]c2=S)c1)C(Nc1cccc(-n2c(=S)[nH][nH]c2=S)c1)C(=O)O. The first kappa shape index (κ1) is 26.2. The Morgan fingerprint density at radius 3 is 1.57 bits per heavy atom. The van der Waals surface area contributed by atoms with Crippen molar-refractivity contribution < 1.29 is 19.4 Å². The Balaban J connectivity index is 1.67. The van der Waals surface area contributed by atoms with Gasteiger partial charge in [-0.15, -0.1) is 0 Å². The van der Waals surface area contributed by atoms with E-state index in [1.807, 2.05) is 0 Å². The van der Waals surface area contributed by atoms with Gasteiger partial charge in [-0.3, -0.25) is 29.5 Å². The molecule has 2 unspecified atom stereocenters.